The Kier molecular flexibility index (Phi) is 8.66. The van der Waals surface area contributed by atoms with Crippen molar-refractivity contribution in [2.75, 3.05) is 11.1 Å². The van der Waals surface area contributed by atoms with E-state index in [0.29, 0.717) is 45.6 Å². The van der Waals surface area contributed by atoms with Gasteiger partial charge in [-0.05, 0) is 31.4 Å². The van der Waals surface area contributed by atoms with Crippen LogP contribution in [0.4, 0.5) is 5.13 Å². The lowest BCUT2D eigenvalue weighted by atomic mass is 10.0. The zero-order valence-electron chi connectivity index (χ0n) is 18.0. The number of amides is 2. The lowest BCUT2D eigenvalue weighted by Gasteiger charge is -2.21. The molecule has 2 amide bonds. The number of thioether (sulfide) groups is 1. The maximum absolute atomic E-state index is 12.9. The molecule has 1 atom stereocenters. The van der Waals surface area contributed by atoms with E-state index in [0.717, 1.165) is 0 Å². The van der Waals surface area contributed by atoms with Crippen LogP contribution in [0.5, 0.6) is 0 Å². The maximum atomic E-state index is 12.9. The van der Waals surface area contributed by atoms with Gasteiger partial charge in [0.15, 0.2) is 16.1 Å². The molecule has 0 saturated heterocycles. The number of nitrogens with one attached hydrogen (secondary N) is 2. The molecule has 1 aromatic carbocycles. The standard InChI is InChI=1S/C21H25ClN6O2S2/c1-4-28-18(26-27-21(28)32-12-17(29)25-20-23-9-10-31-20)16(11-13(2)3)24-19(30)14-7-5-6-8-15(14)22/h5-10,13,16H,4,11-12H2,1-3H3,(H,24,30)(H,23,25,29)/t16-/m1/s1. The van der Waals surface area contributed by atoms with Gasteiger partial charge in [0.05, 0.1) is 22.4 Å². The van der Waals surface area contributed by atoms with Crippen LogP contribution in [0.25, 0.3) is 0 Å². The third-order valence-electron chi connectivity index (χ3n) is 4.52. The second-order valence-corrected chi connectivity index (χ2v) is 9.64. The minimum atomic E-state index is -0.343. The van der Waals surface area contributed by atoms with Gasteiger partial charge in [-0.2, -0.15) is 0 Å². The third-order valence-corrected chi connectivity index (χ3v) is 6.50. The Morgan fingerprint density at radius 1 is 1.25 bits per heavy atom. The fourth-order valence-electron chi connectivity index (χ4n) is 3.11. The van der Waals surface area contributed by atoms with E-state index in [-0.39, 0.29) is 23.6 Å². The normalized spacial score (nSPS) is 12.0. The van der Waals surface area contributed by atoms with Crippen LogP contribution < -0.4 is 10.6 Å². The number of nitrogens with zero attached hydrogens (tertiary/aromatic N) is 4. The molecule has 0 radical (unpaired) electrons. The highest BCUT2D eigenvalue weighted by Gasteiger charge is 2.25. The number of anilines is 1. The number of rotatable bonds is 10. The molecule has 0 aliphatic heterocycles. The van der Waals surface area contributed by atoms with Crippen molar-refractivity contribution < 1.29 is 9.59 Å². The molecule has 11 heteroatoms. The molecule has 8 nitrogen and oxygen atoms in total. The van der Waals surface area contributed by atoms with Crippen LogP contribution in [0.3, 0.4) is 0 Å². The summed E-state index contributed by atoms with van der Waals surface area (Å²) in [6.07, 6.45) is 2.32. The molecule has 3 rings (SSSR count). The van der Waals surface area contributed by atoms with Crippen molar-refractivity contribution in [1.82, 2.24) is 25.1 Å². The van der Waals surface area contributed by atoms with Crippen LogP contribution in [0.1, 0.15) is 49.4 Å². The van der Waals surface area contributed by atoms with E-state index >= 15 is 0 Å². The number of thiazole rings is 1. The van der Waals surface area contributed by atoms with Gasteiger partial charge in [-0.25, -0.2) is 4.98 Å². The Hall–Kier alpha value is -2.43. The van der Waals surface area contributed by atoms with Crippen molar-refractivity contribution >= 4 is 51.6 Å². The van der Waals surface area contributed by atoms with Gasteiger partial charge in [-0.3, -0.25) is 9.59 Å². The second-order valence-electron chi connectivity index (χ2n) is 7.39. The van der Waals surface area contributed by atoms with Crippen LogP contribution in [-0.2, 0) is 11.3 Å². The van der Waals surface area contributed by atoms with E-state index in [2.05, 4.69) is 39.7 Å². The van der Waals surface area contributed by atoms with Crippen molar-refractivity contribution in [1.29, 1.82) is 0 Å². The number of carbonyl (C=O) groups excluding carboxylic acids is 2. The van der Waals surface area contributed by atoms with E-state index in [4.69, 9.17) is 11.6 Å². The van der Waals surface area contributed by atoms with Gasteiger partial charge < -0.3 is 15.2 Å². The summed E-state index contributed by atoms with van der Waals surface area (Å²) in [6.45, 7) is 6.75. The molecule has 3 aromatic rings. The molecule has 32 heavy (non-hydrogen) atoms. The molecule has 0 aliphatic carbocycles. The summed E-state index contributed by atoms with van der Waals surface area (Å²) < 4.78 is 1.93. The molecule has 0 bridgehead atoms. The lowest BCUT2D eigenvalue weighted by molar-refractivity contribution is -0.113. The first-order valence-electron chi connectivity index (χ1n) is 10.2. The van der Waals surface area contributed by atoms with E-state index in [1.807, 2.05) is 11.5 Å². The Morgan fingerprint density at radius 2 is 2.03 bits per heavy atom. The monoisotopic (exact) mass is 492 g/mol. The largest absolute Gasteiger partial charge is 0.342 e. The Bertz CT molecular complexity index is 1050. The summed E-state index contributed by atoms with van der Waals surface area (Å²) in [7, 11) is 0. The van der Waals surface area contributed by atoms with Crippen molar-refractivity contribution in [2.24, 2.45) is 5.92 Å². The highest BCUT2D eigenvalue weighted by Crippen LogP contribution is 2.26. The minimum absolute atomic E-state index is 0.164. The van der Waals surface area contributed by atoms with Crippen LogP contribution >= 0.6 is 34.7 Å². The molecule has 170 valence electrons. The van der Waals surface area contributed by atoms with Gasteiger partial charge in [0.2, 0.25) is 5.91 Å². The predicted octanol–water partition coefficient (Wildman–Crippen LogP) is 4.66. The van der Waals surface area contributed by atoms with Crippen LogP contribution in [0.2, 0.25) is 5.02 Å². The lowest BCUT2D eigenvalue weighted by Crippen LogP contribution is -2.31. The summed E-state index contributed by atoms with van der Waals surface area (Å²) in [5, 5.41) is 17.9. The van der Waals surface area contributed by atoms with Gasteiger partial charge in [0, 0.05) is 18.1 Å². The molecule has 0 saturated carbocycles. The molecule has 2 N–H and O–H groups in total. The Labute approximate surface area is 200 Å². The summed E-state index contributed by atoms with van der Waals surface area (Å²) in [5.41, 5.74) is 0.416. The predicted molar refractivity (Wildman–Crippen MR) is 128 cm³/mol. The molecular weight excluding hydrogens is 468 g/mol. The van der Waals surface area contributed by atoms with Crippen molar-refractivity contribution in [2.45, 2.75) is 44.9 Å². The number of benzene rings is 1. The molecule has 0 unspecified atom stereocenters. The minimum Gasteiger partial charge on any atom is -0.342 e. The average Bonchev–Trinajstić information content (AvgIpc) is 3.41. The number of hydrogen-bond donors (Lipinski definition) is 2. The Balaban J connectivity index is 1.75. The quantitative estimate of drug-likeness (QED) is 0.399. The van der Waals surface area contributed by atoms with E-state index in [9.17, 15) is 9.59 Å². The number of hydrogen-bond acceptors (Lipinski definition) is 7. The summed E-state index contributed by atoms with van der Waals surface area (Å²) in [6, 6.07) is 6.60. The first-order chi connectivity index (χ1) is 15.4. The molecule has 2 heterocycles. The number of aromatic nitrogens is 4. The maximum Gasteiger partial charge on any atom is 0.253 e. The highest BCUT2D eigenvalue weighted by molar-refractivity contribution is 7.99. The van der Waals surface area contributed by atoms with Gasteiger partial charge in [-0.1, -0.05) is 49.3 Å². The van der Waals surface area contributed by atoms with Crippen LogP contribution in [0.15, 0.2) is 41.0 Å². The fourth-order valence-corrected chi connectivity index (χ4v) is 4.69. The van der Waals surface area contributed by atoms with Gasteiger partial charge >= 0.3 is 0 Å². The van der Waals surface area contributed by atoms with Gasteiger partial charge in [0.1, 0.15) is 0 Å². The molecule has 0 aliphatic rings. The SMILES string of the molecule is CCn1c(SCC(=O)Nc2nccs2)nnc1[C@@H](CC(C)C)NC(=O)c1ccccc1Cl. The smallest absolute Gasteiger partial charge is 0.253 e. The molecule has 0 spiro atoms. The van der Waals surface area contributed by atoms with E-state index in [1.165, 1.54) is 23.1 Å². The highest BCUT2D eigenvalue weighted by atomic mass is 35.5. The first kappa shape index (κ1) is 24.2. The number of carbonyl (C=O) groups is 2. The molecule has 2 aromatic heterocycles. The van der Waals surface area contributed by atoms with Crippen LogP contribution in [0, 0.1) is 5.92 Å². The van der Waals surface area contributed by atoms with Crippen LogP contribution in [-0.4, -0.2) is 37.3 Å². The van der Waals surface area contributed by atoms with Gasteiger partial charge in [0.25, 0.3) is 5.91 Å². The topological polar surface area (TPSA) is 102 Å². The molecular formula is C21H25ClN6O2S2. The third kappa shape index (κ3) is 6.30. The van der Waals surface area contributed by atoms with E-state index in [1.54, 1.807) is 35.8 Å². The zero-order valence-corrected chi connectivity index (χ0v) is 20.4. The summed E-state index contributed by atoms with van der Waals surface area (Å²) in [5.74, 6) is 0.725. The van der Waals surface area contributed by atoms with Crippen molar-refractivity contribution in [3.8, 4) is 0 Å². The van der Waals surface area contributed by atoms with E-state index < -0.39 is 0 Å². The van der Waals surface area contributed by atoms with Gasteiger partial charge in [-0.15, -0.1) is 21.5 Å². The average molecular weight is 493 g/mol. The summed E-state index contributed by atoms with van der Waals surface area (Å²) in [4.78, 5) is 29.2. The first-order valence-corrected chi connectivity index (χ1v) is 12.4. The summed E-state index contributed by atoms with van der Waals surface area (Å²) >= 11 is 8.86. The van der Waals surface area contributed by atoms with Crippen molar-refractivity contribution in [3.05, 3.63) is 52.3 Å². The number of halogens is 1. The molecule has 0 fully saturated rings. The fraction of sp³-hybridized carbons (Fsp3) is 0.381. The Morgan fingerprint density at radius 3 is 2.69 bits per heavy atom. The zero-order chi connectivity index (χ0) is 23.1. The van der Waals surface area contributed by atoms with Crippen molar-refractivity contribution in [3.63, 3.8) is 0 Å². The second kappa shape index (κ2) is 11.4.